The van der Waals surface area contributed by atoms with Gasteiger partial charge in [-0.3, -0.25) is 4.90 Å². The Kier molecular flexibility index (Phi) is 4.29. The smallest absolute Gasteiger partial charge is 0.147 e. The lowest BCUT2D eigenvalue weighted by atomic mass is 10.1. The van der Waals surface area contributed by atoms with Gasteiger partial charge in [-0.25, -0.2) is 0 Å². The van der Waals surface area contributed by atoms with Crippen molar-refractivity contribution in [3.8, 4) is 11.8 Å². The van der Waals surface area contributed by atoms with Gasteiger partial charge in [0.25, 0.3) is 0 Å². The second-order valence-electron chi connectivity index (χ2n) is 5.12. The maximum Gasteiger partial charge on any atom is 0.147 e. The van der Waals surface area contributed by atoms with E-state index < -0.39 is 0 Å². The van der Waals surface area contributed by atoms with Gasteiger partial charge in [-0.1, -0.05) is 24.0 Å². The van der Waals surface area contributed by atoms with Crippen LogP contribution in [0.5, 0.6) is 0 Å². The number of aromatic nitrogens is 3. The van der Waals surface area contributed by atoms with E-state index in [9.17, 15) is 0 Å². The highest BCUT2D eigenvalue weighted by atomic mass is 16.2. The van der Waals surface area contributed by atoms with Crippen molar-refractivity contribution in [3.05, 3.63) is 47.5 Å². The molecule has 0 unspecified atom stereocenters. The predicted molar refractivity (Wildman–Crippen MR) is 79.2 cm³/mol. The monoisotopic (exact) mass is 282 g/mol. The number of hydrogen-bond donors (Lipinski definition) is 1. The SMILES string of the molecule is OCCC#Cc1ccc(CN2CCn3cnnc3C2)cc1. The predicted octanol–water partition coefficient (Wildman–Crippen LogP) is 1.03. The number of nitrogens with zero attached hydrogens (tertiary/aromatic N) is 4. The molecule has 3 rings (SSSR count). The number of fused-ring (bicyclic) bond motifs is 1. The molecule has 1 aromatic heterocycles. The fourth-order valence-corrected chi connectivity index (χ4v) is 2.42. The number of benzene rings is 1. The molecular weight excluding hydrogens is 264 g/mol. The van der Waals surface area contributed by atoms with Gasteiger partial charge < -0.3 is 9.67 Å². The van der Waals surface area contributed by atoms with Crippen LogP contribution in [0.25, 0.3) is 0 Å². The van der Waals surface area contributed by atoms with Gasteiger partial charge in [0.05, 0.1) is 13.2 Å². The van der Waals surface area contributed by atoms with Gasteiger partial charge in [-0.15, -0.1) is 10.2 Å². The van der Waals surface area contributed by atoms with Crippen LogP contribution in [0.1, 0.15) is 23.4 Å². The Morgan fingerprint density at radius 1 is 1.19 bits per heavy atom. The number of rotatable bonds is 3. The van der Waals surface area contributed by atoms with Gasteiger partial charge in [-0.05, 0) is 17.7 Å². The number of aliphatic hydroxyl groups excluding tert-OH is 1. The molecule has 0 spiro atoms. The molecule has 2 heterocycles. The van der Waals surface area contributed by atoms with Crippen LogP contribution < -0.4 is 0 Å². The summed E-state index contributed by atoms with van der Waals surface area (Å²) in [5, 5.41) is 16.8. The Morgan fingerprint density at radius 3 is 2.86 bits per heavy atom. The summed E-state index contributed by atoms with van der Waals surface area (Å²) in [6.07, 6.45) is 2.32. The summed E-state index contributed by atoms with van der Waals surface area (Å²) >= 11 is 0. The van der Waals surface area contributed by atoms with Crippen LogP contribution in [0.2, 0.25) is 0 Å². The highest BCUT2D eigenvalue weighted by molar-refractivity contribution is 5.36. The standard InChI is InChI=1S/C16H18N4O/c21-10-2-1-3-14-4-6-15(7-5-14)11-19-8-9-20-13-17-18-16(20)12-19/h4-7,13,21H,2,8-12H2. The van der Waals surface area contributed by atoms with E-state index in [0.29, 0.717) is 6.42 Å². The lowest BCUT2D eigenvalue weighted by molar-refractivity contribution is 0.209. The van der Waals surface area contributed by atoms with Gasteiger partial charge in [0.2, 0.25) is 0 Å². The molecule has 1 aromatic carbocycles. The van der Waals surface area contributed by atoms with E-state index in [4.69, 9.17) is 5.11 Å². The topological polar surface area (TPSA) is 54.2 Å². The second-order valence-corrected chi connectivity index (χ2v) is 5.12. The highest BCUT2D eigenvalue weighted by Crippen LogP contribution is 2.13. The molecular formula is C16H18N4O. The van der Waals surface area contributed by atoms with Gasteiger partial charge >= 0.3 is 0 Å². The van der Waals surface area contributed by atoms with Gasteiger partial charge in [0.1, 0.15) is 12.2 Å². The van der Waals surface area contributed by atoms with Crippen LogP contribution in [-0.2, 0) is 19.6 Å². The Hall–Kier alpha value is -2.16. The normalized spacial score (nSPS) is 14.3. The van der Waals surface area contributed by atoms with E-state index >= 15 is 0 Å². The Balaban J connectivity index is 1.60. The zero-order valence-electron chi connectivity index (χ0n) is 11.9. The Bertz CT molecular complexity index is 651. The van der Waals surface area contributed by atoms with Crippen molar-refractivity contribution in [2.75, 3.05) is 13.2 Å². The van der Waals surface area contributed by atoms with Crippen molar-refractivity contribution >= 4 is 0 Å². The van der Waals surface area contributed by atoms with Gasteiger partial charge in [-0.2, -0.15) is 0 Å². The van der Waals surface area contributed by atoms with E-state index in [1.54, 1.807) is 6.33 Å². The summed E-state index contributed by atoms with van der Waals surface area (Å²) in [7, 11) is 0. The molecule has 1 aliphatic rings. The zero-order valence-corrected chi connectivity index (χ0v) is 11.9. The van der Waals surface area contributed by atoms with Gasteiger partial charge in [0.15, 0.2) is 0 Å². The highest BCUT2D eigenvalue weighted by Gasteiger charge is 2.17. The molecule has 0 radical (unpaired) electrons. The van der Waals surface area contributed by atoms with Crippen LogP contribution in [0.4, 0.5) is 0 Å². The lowest BCUT2D eigenvalue weighted by Gasteiger charge is -2.26. The first kappa shape index (κ1) is 13.8. The first-order chi connectivity index (χ1) is 10.3. The summed E-state index contributed by atoms with van der Waals surface area (Å²) in [6, 6.07) is 8.29. The lowest BCUT2D eigenvalue weighted by Crippen LogP contribution is -2.33. The molecule has 2 aromatic rings. The second kappa shape index (κ2) is 6.53. The van der Waals surface area contributed by atoms with E-state index in [2.05, 4.69) is 43.6 Å². The molecule has 1 aliphatic heterocycles. The Morgan fingerprint density at radius 2 is 2.05 bits per heavy atom. The van der Waals surface area contributed by atoms with Crippen LogP contribution in [0, 0.1) is 11.8 Å². The first-order valence-electron chi connectivity index (χ1n) is 7.13. The molecule has 0 saturated heterocycles. The molecule has 21 heavy (non-hydrogen) atoms. The minimum absolute atomic E-state index is 0.116. The third-order valence-corrected chi connectivity index (χ3v) is 3.55. The van der Waals surface area contributed by atoms with E-state index in [1.165, 1.54) is 5.56 Å². The maximum absolute atomic E-state index is 8.71. The minimum atomic E-state index is 0.116. The van der Waals surface area contributed by atoms with Crippen LogP contribution in [-0.4, -0.2) is 37.9 Å². The van der Waals surface area contributed by atoms with Crippen LogP contribution in [0.3, 0.4) is 0 Å². The number of aliphatic hydroxyl groups is 1. The Labute approximate surface area is 124 Å². The molecule has 108 valence electrons. The molecule has 0 saturated carbocycles. The van der Waals surface area contributed by atoms with Crippen molar-refractivity contribution in [3.63, 3.8) is 0 Å². The molecule has 0 fully saturated rings. The zero-order chi connectivity index (χ0) is 14.5. The largest absolute Gasteiger partial charge is 0.395 e. The van der Waals surface area contributed by atoms with Crippen molar-refractivity contribution in [2.24, 2.45) is 0 Å². The van der Waals surface area contributed by atoms with Gasteiger partial charge in [0, 0.05) is 31.6 Å². The summed E-state index contributed by atoms with van der Waals surface area (Å²) in [5.41, 5.74) is 2.27. The minimum Gasteiger partial charge on any atom is -0.395 e. The van der Waals surface area contributed by atoms with Crippen LogP contribution in [0.15, 0.2) is 30.6 Å². The average molecular weight is 282 g/mol. The third kappa shape index (κ3) is 3.48. The molecule has 1 N–H and O–H groups in total. The van der Waals surface area contributed by atoms with Crippen molar-refractivity contribution in [1.29, 1.82) is 0 Å². The summed E-state index contributed by atoms with van der Waals surface area (Å²) in [5.74, 6) is 7.01. The number of hydrogen-bond acceptors (Lipinski definition) is 4. The molecule has 0 bridgehead atoms. The summed E-state index contributed by atoms with van der Waals surface area (Å²) < 4.78 is 2.11. The molecule has 0 aliphatic carbocycles. The van der Waals surface area contributed by atoms with E-state index in [0.717, 1.165) is 37.6 Å². The third-order valence-electron chi connectivity index (χ3n) is 3.55. The summed E-state index contributed by atoms with van der Waals surface area (Å²) in [4.78, 5) is 2.37. The maximum atomic E-state index is 8.71. The molecule has 0 atom stereocenters. The van der Waals surface area contributed by atoms with Crippen LogP contribution >= 0.6 is 0 Å². The van der Waals surface area contributed by atoms with Crippen molar-refractivity contribution in [2.45, 2.75) is 26.1 Å². The quantitative estimate of drug-likeness (QED) is 0.854. The molecule has 5 nitrogen and oxygen atoms in total. The summed E-state index contributed by atoms with van der Waals surface area (Å²) in [6.45, 7) is 3.84. The average Bonchev–Trinajstić information content (AvgIpc) is 2.97. The van der Waals surface area contributed by atoms with E-state index in [1.807, 2.05) is 12.1 Å². The van der Waals surface area contributed by atoms with E-state index in [-0.39, 0.29) is 6.61 Å². The first-order valence-corrected chi connectivity index (χ1v) is 7.13. The molecule has 0 amide bonds. The van der Waals surface area contributed by atoms with Crippen molar-refractivity contribution < 1.29 is 5.11 Å². The van der Waals surface area contributed by atoms with Crippen molar-refractivity contribution in [1.82, 2.24) is 19.7 Å². The molecule has 5 heteroatoms. The fourth-order valence-electron chi connectivity index (χ4n) is 2.42. The fraction of sp³-hybridized carbons (Fsp3) is 0.375.